The molecule has 0 saturated carbocycles. The molecule has 0 saturated heterocycles. The van der Waals surface area contributed by atoms with Gasteiger partial charge in [0.2, 0.25) is 0 Å². The Kier molecular flexibility index (Phi) is 9.76. The summed E-state index contributed by atoms with van der Waals surface area (Å²) in [7, 11) is 0. The number of rotatable bonds is 1. The van der Waals surface area contributed by atoms with Crippen molar-refractivity contribution in [1.29, 1.82) is 0 Å². The SMILES string of the molecule is CC.CC.CC(O)c1cccc(C(F)(F)F)c1. The maximum atomic E-state index is 12.1. The van der Waals surface area contributed by atoms with Crippen LogP contribution < -0.4 is 0 Å². The molecule has 0 heterocycles. The van der Waals surface area contributed by atoms with Crippen LogP contribution in [0.3, 0.4) is 0 Å². The van der Waals surface area contributed by atoms with Gasteiger partial charge in [-0.1, -0.05) is 39.8 Å². The fourth-order valence-corrected chi connectivity index (χ4v) is 0.975. The van der Waals surface area contributed by atoms with E-state index in [1.165, 1.54) is 19.1 Å². The Morgan fingerprint density at radius 2 is 1.53 bits per heavy atom. The first-order valence-electron chi connectivity index (χ1n) is 5.76. The van der Waals surface area contributed by atoms with Gasteiger partial charge in [0.1, 0.15) is 0 Å². The van der Waals surface area contributed by atoms with Crippen molar-refractivity contribution in [2.45, 2.75) is 46.9 Å². The molecule has 0 aliphatic rings. The van der Waals surface area contributed by atoms with E-state index in [1.54, 1.807) is 0 Å². The second-order valence-electron chi connectivity index (χ2n) is 2.80. The first-order valence-corrected chi connectivity index (χ1v) is 5.76. The molecule has 0 spiro atoms. The molecule has 0 fully saturated rings. The fraction of sp³-hybridized carbons (Fsp3) is 0.538. The standard InChI is InChI=1S/C9H9F3O.2C2H6/c1-6(13)7-3-2-4-8(5-7)9(10,11)12;2*1-2/h2-6,13H,1H3;2*1-2H3. The topological polar surface area (TPSA) is 20.2 Å². The van der Waals surface area contributed by atoms with Crippen molar-refractivity contribution in [1.82, 2.24) is 0 Å². The van der Waals surface area contributed by atoms with Crippen molar-refractivity contribution in [3.05, 3.63) is 35.4 Å². The average Bonchev–Trinajstić information content (AvgIpc) is 2.33. The maximum Gasteiger partial charge on any atom is 0.416 e. The molecule has 17 heavy (non-hydrogen) atoms. The van der Waals surface area contributed by atoms with Gasteiger partial charge in [-0.3, -0.25) is 0 Å². The van der Waals surface area contributed by atoms with Crippen LogP contribution in [0.1, 0.15) is 51.8 Å². The lowest BCUT2D eigenvalue weighted by Crippen LogP contribution is -2.05. The van der Waals surface area contributed by atoms with Crippen molar-refractivity contribution in [2.24, 2.45) is 0 Å². The largest absolute Gasteiger partial charge is 0.416 e. The Labute approximate surface area is 101 Å². The number of hydrogen-bond donors (Lipinski definition) is 1. The van der Waals surface area contributed by atoms with E-state index in [0.717, 1.165) is 12.1 Å². The summed E-state index contributed by atoms with van der Waals surface area (Å²) >= 11 is 0. The van der Waals surface area contributed by atoms with Gasteiger partial charge < -0.3 is 5.11 Å². The second kappa shape index (κ2) is 9.05. The normalized spacial score (nSPS) is 11.6. The number of halogens is 3. The lowest BCUT2D eigenvalue weighted by molar-refractivity contribution is -0.137. The first-order chi connectivity index (χ1) is 7.91. The predicted octanol–water partition coefficient (Wildman–Crippen LogP) is 4.81. The van der Waals surface area contributed by atoms with E-state index in [1.807, 2.05) is 27.7 Å². The van der Waals surface area contributed by atoms with Crippen LogP contribution in [0, 0.1) is 0 Å². The summed E-state index contributed by atoms with van der Waals surface area (Å²) in [6.45, 7) is 9.43. The van der Waals surface area contributed by atoms with E-state index in [4.69, 9.17) is 5.11 Å². The van der Waals surface area contributed by atoms with Crippen LogP contribution in [0.2, 0.25) is 0 Å². The highest BCUT2D eigenvalue weighted by molar-refractivity contribution is 5.26. The molecule has 1 aromatic rings. The smallest absolute Gasteiger partial charge is 0.389 e. The number of aliphatic hydroxyl groups is 1. The summed E-state index contributed by atoms with van der Waals surface area (Å²) < 4.78 is 36.4. The van der Waals surface area contributed by atoms with E-state index < -0.39 is 17.8 Å². The molecular weight excluding hydrogens is 229 g/mol. The Bertz CT molecular complexity index is 293. The Morgan fingerprint density at radius 3 is 1.88 bits per heavy atom. The zero-order chi connectivity index (χ0) is 14.1. The predicted molar refractivity (Wildman–Crippen MR) is 64.8 cm³/mol. The zero-order valence-corrected chi connectivity index (χ0v) is 11.0. The van der Waals surface area contributed by atoms with Gasteiger partial charge in [-0.15, -0.1) is 0 Å². The van der Waals surface area contributed by atoms with Crippen molar-refractivity contribution < 1.29 is 18.3 Å². The first kappa shape index (κ1) is 18.3. The Hall–Kier alpha value is -1.03. The highest BCUT2D eigenvalue weighted by Gasteiger charge is 2.30. The summed E-state index contributed by atoms with van der Waals surface area (Å²) in [6, 6.07) is 4.67. The Balaban J connectivity index is 0. The number of benzene rings is 1. The molecule has 1 unspecified atom stereocenters. The minimum Gasteiger partial charge on any atom is -0.389 e. The summed E-state index contributed by atoms with van der Waals surface area (Å²) in [5.74, 6) is 0. The van der Waals surface area contributed by atoms with E-state index in [9.17, 15) is 13.2 Å². The molecule has 1 rings (SSSR count). The summed E-state index contributed by atoms with van der Waals surface area (Å²) in [5.41, 5.74) is -0.458. The third-order valence-electron chi connectivity index (χ3n) is 1.70. The molecule has 1 atom stereocenters. The van der Waals surface area contributed by atoms with Gasteiger partial charge in [0, 0.05) is 0 Å². The number of aliphatic hydroxyl groups excluding tert-OH is 1. The van der Waals surface area contributed by atoms with E-state index in [0.29, 0.717) is 0 Å². The van der Waals surface area contributed by atoms with Gasteiger partial charge in [0.05, 0.1) is 11.7 Å². The molecule has 0 bridgehead atoms. The van der Waals surface area contributed by atoms with E-state index >= 15 is 0 Å². The highest BCUT2D eigenvalue weighted by Crippen LogP contribution is 2.30. The minimum atomic E-state index is -4.34. The molecule has 100 valence electrons. The number of alkyl halides is 3. The van der Waals surface area contributed by atoms with Crippen LogP contribution in [0.5, 0.6) is 0 Å². The molecule has 1 aromatic carbocycles. The quantitative estimate of drug-likeness (QED) is 0.758. The molecule has 1 N–H and O–H groups in total. The summed E-state index contributed by atoms with van der Waals surface area (Å²) in [6.07, 6.45) is -5.22. The van der Waals surface area contributed by atoms with Gasteiger partial charge in [0.25, 0.3) is 0 Å². The van der Waals surface area contributed by atoms with Crippen LogP contribution in [0.4, 0.5) is 13.2 Å². The molecule has 1 nitrogen and oxygen atoms in total. The molecule has 0 radical (unpaired) electrons. The summed E-state index contributed by atoms with van der Waals surface area (Å²) in [4.78, 5) is 0. The lowest BCUT2D eigenvalue weighted by atomic mass is 10.1. The lowest BCUT2D eigenvalue weighted by Gasteiger charge is -2.09. The van der Waals surface area contributed by atoms with Crippen LogP contribution >= 0.6 is 0 Å². The van der Waals surface area contributed by atoms with E-state index in [2.05, 4.69) is 0 Å². The van der Waals surface area contributed by atoms with Gasteiger partial charge in [-0.25, -0.2) is 0 Å². The highest BCUT2D eigenvalue weighted by atomic mass is 19.4. The van der Waals surface area contributed by atoms with Gasteiger partial charge >= 0.3 is 6.18 Å². The molecule has 0 aliphatic carbocycles. The fourth-order valence-electron chi connectivity index (χ4n) is 0.975. The number of hydrogen-bond acceptors (Lipinski definition) is 1. The van der Waals surface area contributed by atoms with Gasteiger partial charge in [-0.05, 0) is 24.6 Å². The molecule has 0 aliphatic heterocycles. The van der Waals surface area contributed by atoms with Crippen LogP contribution in [0.15, 0.2) is 24.3 Å². The Morgan fingerprint density at radius 1 is 1.06 bits per heavy atom. The van der Waals surface area contributed by atoms with Crippen LogP contribution in [-0.4, -0.2) is 5.11 Å². The third kappa shape index (κ3) is 7.00. The van der Waals surface area contributed by atoms with Crippen molar-refractivity contribution >= 4 is 0 Å². The third-order valence-corrected chi connectivity index (χ3v) is 1.70. The van der Waals surface area contributed by atoms with Crippen molar-refractivity contribution in [2.75, 3.05) is 0 Å². The molecule has 0 aromatic heterocycles. The minimum absolute atomic E-state index is 0.273. The zero-order valence-electron chi connectivity index (χ0n) is 11.0. The molecule has 0 amide bonds. The van der Waals surface area contributed by atoms with Gasteiger partial charge in [0.15, 0.2) is 0 Å². The molecular formula is C13H21F3O. The monoisotopic (exact) mass is 250 g/mol. The van der Waals surface area contributed by atoms with E-state index in [-0.39, 0.29) is 5.56 Å². The second-order valence-corrected chi connectivity index (χ2v) is 2.80. The maximum absolute atomic E-state index is 12.1. The van der Waals surface area contributed by atoms with Crippen LogP contribution in [-0.2, 0) is 6.18 Å². The summed E-state index contributed by atoms with van der Waals surface area (Å²) in [5, 5.41) is 9.05. The molecule has 4 heteroatoms. The van der Waals surface area contributed by atoms with Crippen LogP contribution in [0.25, 0.3) is 0 Å². The van der Waals surface area contributed by atoms with Crippen molar-refractivity contribution in [3.8, 4) is 0 Å². The van der Waals surface area contributed by atoms with Gasteiger partial charge in [-0.2, -0.15) is 13.2 Å². The van der Waals surface area contributed by atoms with Crippen molar-refractivity contribution in [3.63, 3.8) is 0 Å². The average molecular weight is 250 g/mol.